The Balaban J connectivity index is 1.92. The first-order chi connectivity index (χ1) is 14.0. The number of likely N-dealkylation sites (N-methyl/N-ethyl adjacent to an activating group) is 1. The van der Waals surface area contributed by atoms with E-state index in [0.29, 0.717) is 17.6 Å². The highest BCUT2D eigenvalue weighted by Gasteiger charge is 2.17. The van der Waals surface area contributed by atoms with Crippen LogP contribution in [0, 0.1) is 5.82 Å². The fraction of sp³-hybridized carbons (Fsp3) is 0.318. The number of rotatable bonds is 8. The summed E-state index contributed by atoms with van der Waals surface area (Å²) in [6.45, 7) is 7.68. The molecular formula is C22H26FN4O2+. The van der Waals surface area contributed by atoms with E-state index < -0.39 is 5.56 Å². The number of nitrogens with one attached hydrogen (secondary N) is 2. The Morgan fingerprint density at radius 3 is 2.59 bits per heavy atom. The monoisotopic (exact) mass is 397 g/mol. The fourth-order valence-electron chi connectivity index (χ4n) is 3.34. The molecular weight excluding hydrogens is 371 g/mol. The van der Waals surface area contributed by atoms with Gasteiger partial charge in [-0.3, -0.25) is 14.2 Å². The van der Waals surface area contributed by atoms with Crippen LogP contribution >= 0.6 is 0 Å². The van der Waals surface area contributed by atoms with Crippen LogP contribution in [0.1, 0.15) is 29.8 Å². The van der Waals surface area contributed by atoms with Gasteiger partial charge < -0.3 is 10.2 Å². The average molecular weight is 397 g/mol. The van der Waals surface area contributed by atoms with E-state index in [9.17, 15) is 14.0 Å². The van der Waals surface area contributed by atoms with Gasteiger partial charge in [-0.1, -0.05) is 12.1 Å². The molecule has 0 atom stereocenters. The molecule has 0 fully saturated rings. The van der Waals surface area contributed by atoms with Gasteiger partial charge in [0.25, 0.3) is 11.5 Å². The third-order valence-corrected chi connectivity index (χ3v) is 5.11. The number of hydrogen-bond donors (Lipinski definition) is 2. The summed E-state index contributed by atoms with van der Waals surface area (Å²) in [5.74, 6) is -0.729. The molecule has 6 nitrogen and oxygen atoms in total. The van der Waals surface area contributed by atoms with Gasteiger partial charge >= 0.3 is 0 Å². The molecule has 0 radical (unpaired) electrons. The van der Waals surface area contributed by atoms with Gasteiger partial charge in [-0.25, -0.2) is 9.37 Å². The molecule has 0 spiro atoms. The minimum absolute atomic E-state index is 0.0853. The molecule has 0 saturated heterocycles. The molecule has 0 unspecified atom stereocenters. The number of carbonyl (C=O) groups is 1. The van der Waals surface area contributed by atoms with Gasteiger partial charge in [0.2, 0.25) is 0 Å². The maximum atomic E-state index is 13.2. The Bertz CT molecular complexity index is 1040. The van der Waals surface area contributed by atoms with Crippen molar-refractivity contribution in [3.63, 3.8) is 0 Å². The van der Waals surface area contributed by atoms with E-state index in [-0.39, 0.29) is 23.8 Å². The molecule has 3 rings (SSSR count). The van der Waals surface area contributed by atoms with Crippen LogP contribution in [0.3, 0.4) is 0 Å². The molecule has 0 aliphatic rings. The Kier molecular flexibility index (Phi) is 6.72. The Morgan fingerprint density at radius 1 is 1.17 bits per heavy atom. The van der Waals surface area contributed by atoms with Crippen molar-refractivity contribution in [3.8, 4) is 0 Å². The van der Waals surface area contributed by atoms with Gasteiger partial charge in [0.15, 0.2) is 0 Å². The summed E-state index contributed by atoms with van der Waals surface area (Å²) in [5.41, 5.74) is 0.921. The first-order valence-corrected chi connectivity index (χ1v) is 9.88. The largest absolute Gasteiger partial charge is 0.346 e. The van der Waals surface area contributed by atoms with Crippen molar-refractivity contribution in [2.75, 3.05) is 26.2 Å². The SMILES string of the molecule is CC[NH+](CC)CCNC(=O)c1cc2cccnc2n(Cc2ccc(F)cc2)c1=O. The summed E-state index contributed by atoms with van der Waals surface area (Å²) in [5, 5.41) is 3.56. The predicted molar refractivity (Wildman–Crippen MR) is 111 cm³/mol. The summed E-state index contributed by atoms with van der Waals surface area (Å²) >= 11 is 0. The van der Waals surface area contributed by atoms with E-state index in [1.54, 1.807) is 30.5 Å². The van der Waals surface area contributed by atoms with Crippen LogP contribution in [0.25, 0.3) is 11.0 Å². The minimum atomic E-state index is -0.409. The van der Waals surface area contributed by atoms with Gasteiger partial charge in [-0.05, 0) is 49.7 Å². The zero-order valence-electron chi connectivity index (χ0n) is 16.7. The van der Waals surface area contributed by atoms with Crippen LogP contribution in [-0.4, -0.2) is 41.6 Å². The van der Waals surface area contributed by atoms with E-state index in [1.807, 2.05) is 6.07 Å². The molecule has 1 aromatic carbocycles. The first kappa shape index (κ1) is 20.7. The quantitative estimate of drug-likeness (QED) is 0.601. The van der Waals surface area contributed by atoms with Crippen LogP contribution < -0.4 is 15.8 Å². The number of halogens is 1. The van der Waals surface area contributed by atoms with Crippen molar-refractivity contribution >= 4 is 16.9 Å². The normalized spacial score (nSPS) is 11.2. The summed E-state index contributed by atoms with van der Waals surface area (Å²) in [4.78, 5) is 31.5. The number of nitrogens with zero attached hydrogens (tertiary/aromatic N) is 2. The van der Waals surface area contributed by atoms with Crippen molar-refractivity contribution in [2.45, 2.75) is 20.4 Å². The third kappa shape index (κ3) is 4.86. The van der Waals surface area contributed by atoms with Crippen LogP contribution in [0.5, 0.6) is 0 Å². The molecule has 0 aliphatic heterocycles. The lowest BCUT2D eigenvalue weighted by Gasteiger charge is -2.16. The molecule has 1 amide bonds. The standard InChI is InChI=1S/C22H25FN4O2/c1-3-26(4-2)13-12-25-21(28)19-14-17-6-5-11-24-20(17)27(22(19)29)15-16-7-9-18(23)10-8-16/h5-11,14H,3-4,12-13,15H2,1-2H3,(H,25,28)/p+1. The zero-order chi connectivity index (χ0) is 20.8. The number of pyridine rings is 2. The van der Waals surface area contributed by atoms with E-state index in [1.165, 1.54) is 21.6 Å². The highest BCUT2D eigenvalue weighted by atomic mass is 19.1. The molecule has 0 bridgehead atoms. The van der Waals surface area contributed by atoms with Gasteiger partial charge in [0, 0.05) is 11.6 Å². The van der Waals surface area contributed by atoms with Gasteiger partial charge in [0.05, 0.1) is 32.7 Å². The summed E-state index contributed by atoms with van der Waals surface area (Å²) in [7, 11) is 0. The maximum Gasteiger partial charge on any atom is 0.265 e. The third-order valence-electron chi connectivity index (χ3n) is 5.11. The molecule has 2 aromatic heterocycles. The first-order valence-electron chi connectivity index (χ1n) is 9.88. The second-order valence-electron chi connectivity index (χ2n) is 6.96. The highest BCUT2D eigenvalue weighted by molar-refractivity contribution is 5.96. The lowest BCUT2D eigenvalue weighted by molar-refractivity contribution is -0.895. The lowest BCUT2D eigenvalue weighted by atomic mass is 10.1. The number of amides is 1. The van der Waals surface area contributed by atoms with E-state index in [4.69, 9.17) is 0 Å². The number of fused-ring (bicyclic) bond motifs is 1. The van der Waals surface area contributed by atoms with Crippen LogP contribution in [0.2, 0.25) is 0 Å². The van der Waals surface area contributed by atoms with E-state index in [0.717, 1.165) is 25.2 Å². The van der Waals surface area contributed by atoms with E-state index >= 15 is 0 Å². The number of hydrogen-bond acceptors (Lipinski definition) is 3. The lowest BCUT2D eigenvalue weighted by Crippen LogP contribution is -3.12. The summed E-state index contributed by atoms with van der Waals surface area (Å²) in [6, 6.07) is 11.1. The average Bonchev–Trinajstić information content (AvgIpc) is 2.74. The van der Waals surface area contributed by atoms with Gasteiger partial charge in [-0.15, -0.1) is 0 Å². The topological polar surface area (TPSA) is 68.4 Å². The van der Waals surface area contributed by atoms with Crippen molar-refractivity contribution < 1.29 is 14.1 Å². The molecule has 2 heterocycles. The van der Waals surface area contributed by atoms with Crippen LogP contribution in [-0.2, 0) is 6.54 Å². The number of quaternary nitrogens is 1. The van der Waals surface area contributed by atoms with E-state index in [2.05, 4.69) is 24.1 Å². The van der Waals surface area contributed by atoms with Gasteiger partial charge in [0.1, 0.15) is 17.0 Å². The molecule has 3 aromatic rings. The highest BCUT2D eigenvalue weighted by Crippen LogP contribution is 2.13. The molecule has 7 heteroatoms. The second kappa shape index (κ2) is 9.43. The maximum absolute atomic E-state index is 13.2. The van der Waals surface area contributed by atoms with Crippen molar-refractivity contribution in [1.82, 2.24) is 14.9 Å². The van der Waals surface area contributed by atoms with Crippen molar-refractivity contribution in [1.29, 1.82) is 0 Å². The predicted octanol–water partition coefficient (Wildman–Crippen LogP) is 1.24. The van der Waals surface area contributed by atoms with Crippen molar-refractivity contribution in [2.24, 2.45) is 0 Å². The fourth-order valence-corrected chi connectivity index (χ4v) is 3.34. The molecule has 152 valence electrons. The zero-order valence-corrected chi connectivity index (χ0v) is 16.7. The van der Waals surface area contributed by atoms with Crippen LogP contribution in [0.15, 0.2) is 53.5 Å². The number of aromatic nitrogens is 2. The number of benzene rings is 1. The van der Waals surface area contributed by atoms with Crippen LogP contribution in [0.4, 0.5) is 4.39 Å². The molecule has 29 heavy (non-hydrogen) atoms. The molecule has 2 N–H and O–H groups in total. The second-order valence-corrected chi connectivity index (χ2v) is 6.96. The molecule has 0 saturated carbocycles. The Morgan fingerprint density at radius 2 is 1.90 bits per heavy atom. The van der Waals surface area contributed by atoms with Crippen molar-refractivity contribution in [3.05, 3.63) is 76.0 Å². The summed E-state index contributed by atoms with van der Waals surface area (Å²) in [6.07, 6.45) is 1.61. The Labute approximate surface area is 169 Å². The van der Waals surface area contributed by atoms with Gasteiger partial charge in [-0.2, -0.15) is 0 Å². The Hall–Kier alpha value is -3.06. The molecule has 0 aliphatic carbocycles. The number of carbonyl (C=O) groups excluding carboxylic acids is 1. The summed E-state index contributed by atoms with van der Waals surface area (Å²) < 4.78 is 14.7. The smallest absolute Gasteiger partial charge is 0.265 e. The minimum Gasteiger partial charge on any atom is -0.346 e.